The quantitative estimate of drug-likeness (QED) is 0.114. The van der Waals surface area contributed by atoms with Gasteiger partial charge >= 0.3 is 12.2 Å². The van der Waals surface area contributed by atoms with Gasteiger partial charge in [-0.25, -0.2) is 19.6 Å². The van der Waals surface area contributed by atoms with Crippen LogP contribution in [-0.2, 0) is 19.1 Å². The van der Waals surface area contributed by atoms with Gasteiger partial charge in [-0.2, -0.15) is 0 Å². The fourth-order valence-electron chi connectivity index (χ4n) is 7.56. The molecule has 0 saturated carbocycles. The molecule has 2 aromatic carbocycles. The highest BCUT2D eigenvalue weighted by molar-refractivity contribution is 8.00. The number of carbonyl (C=O) groups is 4. The standard InChI is InChI=1S/C43H54N8O7S/c1-24(2)35(48-41(54)57-7)39(52)50-17-9-10-32(50)37-44-21-30(46-37)16-12-26-11-13-28-19-29(15-14-27(28)18-26)31-22-45-38(47-31)33-23-59-34(20-43(5,6)56)51(33)40(53)36(25(3)4)49-42(55)58-8/h11,13-15,18-19,21-22,24-25,32-36,56H,9-10,17,20,23H2,1-8H3,(H,44,46)(H,45,47)(H,48,54)(H,49,55)/t32-,33-,34?,35-,36-/m0/s1. The van der Waals surface area contributed by atoms with E-state index >= 15 is 0 Å². The Bertz CT molecular complexity index is 2230. The second-order valence-electron chi connectivity index (χ2n) is 16.4. The van der Waals surface area contributed by atoms with Crippen molar-refractivity contribution in [3.05, 3.63) is 71.7 Å². The molecule has 2 fully saturated rings. The molecule has 15 nitrogen and oxygen atoms in total. The van der Waals surface area contributed by atoms with E-state index in [0.29, 0.717) is 36.1 Å². The molecule has 4 amide bonds. The van der Waals surface area contributed by atoms with E-state index in [0.717, 1.165) is 40.4 Å². The van der Waals surface area contributed by atoms with Crippen molar-refractivity contribution in [1.82, 2.24) is 40.4 Å². The normalized spacial score (nSPS) is 19.1. The number of carbonyl (C=O) groups excluding carboxylic acids is 4. The highest BCUT2D eigenvalue weighted by atomic mass is 32.2. The fraction of sp³-hybridized carbons (Fsp3) is 0.488. The van der Waals surface area contributed by atoms with Gasteiger partial charge in [0.15, 0.2) is 0 Å². The summed E-state index contributed by atoms with van der Waals surface area (Å²) in [6.07, 6.45) is 4.03. The van der Waals surface area contributed by atoms with Crippen molar-refractivity contribution in [3.63, 3.8) is 0 Å². The van der Waals surface area contributed by atoms with E-state index in [1.54, 1.807) is 47.8 Å². The SMILES string of the molecule is COC(=O)N[C@H](C(=O)N1CCC[C@H]1c1ncc(C#Cc2ccc3cc(-c4cnc([C@@H]5CSC(CC(C)(C)O)N5C(=O)[C@@H](NC(=O)OC)C(C)C)[nH]4)ccc3c2)[nH]1)C(C)C. The number of rotatable bonds is 11. The molecule has 2 aliphatic rings. The second kappa shape index (κ2) is 18.2. The third-order valence-corrected chi connectivity index (χ3v) is 11.9. The van der Waals surface area contributed by atoms with Gasteiger partial charge in [0, 0.05) is 29.8 Å². The van der Waals surface area contributed by atoms with Crippen LogP contribution in [0.15, 0.2) is 48.8 Å². The van der Waals surface area contributed by atoms with Crippen LogP contribution in [0.2, 0.25) is 0 Å². The minimum Gasteiger partial charge on any atom is -0.453 e. The molecule has 2 saturated heterocycles. The highest BCUT2D eigenvalue weighted by Crippen LogP contribution is 2.42. The summed E-state index contributed by atoms with van der Waals surface area (Å²) in [6, 6.07) is 9.92. The third-order valence-electron chi connectivity index (χ3n) is 10.7. The fourth-order valence-corrected chi connectivity index (χ4v) is 9.22. The zero-order valence-electron chi connectivity index (χ0n) is 34.8. The molecule has 0 spiro atoms. The number of methoxy groups -OCH3 is 2. The number of thioether (sulfide) groups is 1. The monoisotopic (exact) mass is 826 g/mol. The summed E-state index contributed by atoms with van der Waals surface area (Å²) < 4.78 is 9.56. The maximum Gasteiger partial charge on any atom is 0.407 e. The Morgan fingerprint density at radius 1 is 0.881 bits per heavy atom. The second-order valence-corrected chi connectivity index (χ2v) is 17.6. The van der Waals surface area contributed by atoms with Crippen LogP contribution in [0.5, 0.6) is 0 Å². The lowest BCUT2D eigenvalue weighted by Crippen LogP contribution is -2.53. The summed E-state index contributed by atoms with van der Waals surface area (Å²) in [6.45, 7) is 11.5. The molecule has 4 aromatic rings. The molecule has 59 heavy (non-hydrogen) atoms. The summed E-state index contributed by atoms with van der Waals surface area (Å²) in [5.74, 6) is 7.49. The smallest absolute Gasteiger partial charge is 0.407 e. The Kier molecular flexibility index (Phi) is 13.3. The Labute approximate surface area is 348 Å². The van der Waals surface area contributed by atoms with Gasteiger partial charge < -0.3 is 45.0 Å². The average molecular weight is 827 g/mol. The zero-order valence-corrected chi connectivity index (χ0v) is 35.6. The van der Waals surface area contributed by atoms with E-state index in [2.05, 4.69) is 43.5 Å². The van der Waals surface area contributed by atoms with E-state index < -0.39 is 35.9 Å². The number of H-pyrrole nitrogens is 2. The summed E-state index contributed by atoms with van der Waals surface area (Å²) in [7, 11) is 2.54. The molecule has 314 valence electrons. The van der Waals surface area contributed by atoms with E-state index in [1.807, 2.05) is 58.0 Å². The third kappa shape index (κ3) is 10.0. The molecular formula is C43H54N8O7S. The van der Waals surface area contributed by atoms with Crippen LogP contribution in [0.4, 0.5) is 9.59 Å². The van der Waals surface area contributed by atoms with E-state index in [4.69, 9.17) is 14.5 Å². The highest BCUT2D eigenvalue weighted by Gasteiger charge is 2.45. The number of nitrogens with zero attached hydrogens (tertiary/aromatic N) is 4. The zero-order chi connectivity index (χ0) is 42.6. The number of alkyl carbamates (subject to hydrolysis) is 2. The van der Waals surface area contributed by atoms with Crippen LogP contribution < -0.4 is 10.6 Å². The van der Waals surface area contributed by atoms with Crippen molar-refractivity contribution >= 4 is 46.5 Å². The molecule has 16 heteroatoms. The predicted molar refractivity (Wildman–Crippen MR) is 225 cm³/mol. The number of hydrogen-bond donors (Lipinski definition) is 5. The number of imidazole rings is 2. The molecule has 0 radical (unpaired) electrons. The lowest BCUT2D eigenvalue weighted by atomic mass is 10.00. The summed E-state index contributed by atoms with van der Waals surface area (Å²) in [4.78, 5) is 71.4. The van der Waals surface area contributed by atoms with E-state index in [9.17, 15) is 24.3 Å². The minimum atomic E-state index is -1.02. The number of aromatic amines is 2. The van der Waals surface area contributed by atoms with Crippen LogP contribution >= 0.6 is 11.8 Å². The van der Waals surface area contributed by atoms with Gasteiger partial charge in [0.05, 0.1) is 55.4 Å². The minimum absolute atomic E-state index is 0.124. The lowest BCUT2D eigenvalue weighted by Gasteiger charge is -2.35. The number of fused-ring (bicyclic) bond motifs is 1. The Morgan fingerprint density at radius 2 is 1.51 bits per heavy atom. The van der Waals surface area contributed by atoms with Crippen molar-refractivity contribution in [2.75, 3.05) is 26.5 Å². The number of likely N-dealkylation sites (tertiary alicyclic amines) is 1. The summed E-state index contributed by atoms with van der Waals surface area (Å²) in [5, 5.41) is 17.8. The molecular weight excluding hydrogens is 773 g/mol. The summed E-state index contributed by atoms with van der Waals surface area (Å²) in [5.41, 5.74) is 2.14. The van der Waals surface area contributed by atoms with E-state index in [1.165, 1.54) is 14.2 Å². The average Bonchev–Trinajstić information content (AvgIpc) is 4.03. The van der Waals surface area contributed by atoms with Crippen LogP contribution in [0.3, 0.4) is 0 Å². The molecule has 1 unspecified atom stereocenters. The first-order chi connectivity index (χ1) is 28.1. The molecule has 6 rings (SSSR count). The number of ether oxygens (including phenoxy) is 2. The first kappa shape index (κ1) is 43.1. The Hall–Kier alpha value is -5.53. The largest absolute Gasteiger partial charge is 0.453 e. The van der Waals surface area contributed by atoms with Crippen molar-refractivity contribution in [2.45, 2.75) is 95.9 Å². The van der Waals surface area contributed by atoms with Gasteiger partial charge in [0.1, 0.15) is 29.4 Å². The van der Waals surface area contributed by atoms with Crippen molar-refractivity contribution in [2.24, 2.45) is 11.8 Å². The van der Waals surface area contributed by atoms with Gasteiger partial charge in [0.25, 0.3) is 0 Å². The van der Waals surface area contributed by atoms with Gasteiger partial charge in [-0.05, 0) is 73.4 Å². The Balaban J connectivity index is 1.17. The van der Waals surface area contributed by atoms with Crippen LogP contribution in [0.25, 0.3) is 22.0 Å². The first-order valence-corrected chi connectivity index (χ1v) is 20.9. The van der Waals surface area contributed by atoms with Gasteiger partial charge in [0.2, 0.25) is 11.8 Å². The predicted octanol–water partition coefficient (Wildman–Crippen LogP) is 5.88. The molecule has 5 atom stereocenters. The number of nitrogens with one attached hydrogen (secondary N) is 4. The maximum atomic E-state index is 14.1. The van der Waals surface area contributed by atoms with Crippen LogP contribution in [0.1, 0.15) is 95.8 Å². The Morgan fingerprint density at radius 3 is 2.17 bits per heavy atom. The van der Waals surface area contributed by atoms with Gasteiger partial charge in [-0.3, -0.25) is 9.59 Å². The van der Waals surface area contributed by atoms with Crippen molar-refractivity contribution < 1.29 is 33.8 Å². The molecule has 2 aliphatic heterocycles. The van der Waals surface area contributed by atoms with Gasteiger partial charge in [-0.15, -0.1) is 11.8 Å². The first-order valence-electron chi connectivity index (χ1n) is 19.9. The van der Waals surface area contributed by atoms with Crippen molar-refractivity contribution in [3.8, 4) is 23.1 Å². The number of amides is 4. The summed E-state index contributed by atoms with van der Waals surface area (Å²) >= 11 is 1.58. The number of aliphatic hydroxyl groups is 1. The maximum absolute atomic E-state index is 14.1. The molecule has 5 N–H and O–H groups in total. The topological polar surface area (TPSA) is 195 Å². The van der Waals surface area contributed by atoms with Gasteiger partial charge in [-0.1, -0.05) is 51.8 Å². The van der Waals surface area contributed by atoms with Crippen LogP contribution in [0, 0.1) is 23.7 Å². The number of benzene rings is 2. The molecule has 2 aromatic heterocycles. The lowest BCUT2D eigenvalue weighted by molar-refractivity contribution is -0.138. The molecule has 0 bridgehead atoms. The van der Waals surface area contributed by atoms with Crippen LogP contribution in [-0.4, -0.2) is 108 Å². The van der Waals surface area contributed by atoms with Crippen molar-refractivity contribution in [1.29, 1.82) is 0 Å². The molecule has 4 heterocycles. The number of aromatic nitrogens is 4. The number of hydrogen-bond acceptors (Lipinski definition) is 10. The van der Waals surface area contributed by atoms with E-state index in [-0.39, 0.29) is 35.1 Å². The molecule has 0 aliphatic carbocycles.